The number of urea groups is 1. The van der Waals surface area contributed by atoms with E-state index in [1.165, 1.54) is 0 Å². The number of rotatable bonds is 7. The van der Waals surface area contributed by atoms with Gasteiger partial charge in [0.05, 0.1) is 0 Å². The topological polar surface area (TPSA) is 61.4 Å². The minimum atomic E-state index is -0.488. The van der Waals surface area contributed by atoms with Crippen LogP contribution in [0.1, 0.15) is 20.3 Å². The Hall–Kier alpha value is -0.810. The molecule has 0 saturated carbocycles. The molecule has 0 aromatic carbocycles. The summed E-state index contributed by atoms with van der Waals surface area (Å²) in [6, 6.07) is -0.488. The summed E-state index contributed by atoms with van der Waals surface area (Å²) in [6.45, 7) is 7.47. The quantitative estimate of drug-likeness (QED) is 0.656. The second-order valence-corrected chi connectivity index (χ2v) is 3.64. The summed E-state index contributed by atoms with van der Waals surface area (Å²) in [5, 5.41) is 4.71. The highest BCUT2D eigenvalue weighted by atomic mass is 35.5. The molecule has 2 N–H and O–H groups in total. The van der Waals surface area contributed by atoms with Gasteiger partial charge in [0.15, 0.2) is 0 Å². The summed E-state index contributed by atoms with van der Waals surface area (Å²) in [6.07, 6.45) is 1.09. The molecule has 0 rings (SSSR count). The van der Waals surface area contributed by atoms with E-state index in [1.54, 1.807) is 0 Å². The van der Waals surface area contributed by atoms with Crippen molar-refractivity contribution in [3.8, 4) is 0 Å². The molecule has 0 atom stereocenters. The Balaban J connectivity index is 3.63. The van der Waals surface area contributed by atoms with Crippen molar-refractivity contribution in [2.45, 2.75) is 20.3 Å². The molecule has 94 valence electrons. The highest BCUT2D eigenvalue weighted by Crippen LogP contribution is 1.88. The Labute approximate surface area is 102 Å². The number of hydrogen-bond donors (Lipinski definition) is 2. The zero-order valence-corrected chi connectivity index (χ0v) is 10.6. The van der Waals surface area contributed by atoms with Crippen molar-refractivity contribution < 1.29 is 9.59 Å². The second kappa shape index (κ2) is 9.42. The fraction of sp³-hybridized carbons (Fsp3) is 0.800. The maximum absolute atomic E-state index is 11.1. The van der Waals surface area contributed by atoms with Crippen molar-refractivity contribution >= 4 is 23.5 Å². The van der Waals surface area contributed by atoms with Crippen LogP contribution in [0.4, 0.5) is 4.79 Å². The molecule has 0 aromatic heterocycles. The zero-order valence-electron chi connectivity index (χ0n) is 9.88. The molecule has 5 nitrogen and oxygen atoms in total. The molecule has 0 aliphatic rings. The Morgan fingerprint density at radius 1 is 1.25 bits per heavy atom. The van der Waals surface area contributed by atoms with E-state index in [2.05, 4.69) is 29.4 Å². The predicted octanol–water partition coefficient (Wildman–Crippen LogP) is 0.783. The standard InChI is InChI=1S/C10H20ClN3O2/c1-3-6-14(4-2)7-5-12-10(16)13-9(15)8-11/h3-8H2,1-2H3,(H2,12,13,15,16). The molecule has 0 aliphatic carbocycles. The normalized spacial score (nSPS) is 10.2. The molecule has 3 amide bonds. The number of likely N-dealkylation sites (N-methyl/N-ethyl adjacent to an activating group) is 1. The lowest BCUT2D eigenvalue weighted by Crippen LogP contribution is -2.43. The highest BCUT2D eigenvalue weighted by Gasteiger charge is 2.06. The van der Waals surface area contributed by atoms with Crippen molar-refractivity contribution in [1.82, 2.24) is 15.5 Å². The second-order valence-electron chi connectivity index (χ2n) is 3.37. The number of imide groups is 1. The van der Waals surface area contributed by atoms with Crippen molar-refractivity contribution in [1.29, 1.82) is 0 Å². The molecule has 0 aromatic rings. The Kier molecular flexibility index (Phi) is 8.94. The molecule has 0 bridgehead atoms. The number of nitrogens with zero attached hydrogens (tertiary/aromatic N) is 1. The van der Waals surface area contributed by atoms with E-state index in [0.29, 0.717) is 6.54 Å². The van der Waals surface area contributed by atoms with Crippen molar-refractivity contribution in [2.75, 3.05) is 32.1 Å². The van der Waals surface area contributed by atoms with Gasteiger partial charge in [-0.3, -0.25) is 10.1 Å². The first-order chi connectivity index (χ1) is 7.63. The maximum atomic E-state index is 11.1. The number of alkyl halides is 1. The summed E-state index contributed by atoms with van der Waals surface area (Å²) in [5.41, 5.74) is 0. The third-order valence-electron chi connectivity index (χ3n) is 2.07. The lowest BCUT2D eigenvalue weighted by atomic mass is 10.4. The fourth-order valence-electron chi connectivity index (χ4n) is 1.28. The smallest absolute Gasteiger partial charge is 0.321 e. The molecule has 0 fully saturated rings. The van der Waals surface area contributed by atoms with E-state index >= 15 is 0 Å². The molecular formula is C10H20ClN3O2. The van der Waals surface area contributed by atoms with Crippen LogP contribution in [-0.2, 0) is 4.79 Å². The zero-order chi connectivity index (χ0) is 12.4. The first-order valence-electron chi connectivity index (χ1n) is 5.50. The van der Waals surface area contributed by atoms with Gasteiger partial charge in [-0.2, -0.15) is 0 Å². The summed E-state index contributed by atoms with van der Waals surface area (Å²) in [5.74, 6) is -0.690. The van der Waals surface area contributed by atoms with Gasteiger partial charge < -0.3 is 10.2 Å². The number of halogens is 1. The van der Waals surface area contributed by atoms with Gasteiger partial charge in [0.1, 0.15) is 5.88 Å². The van der Waals surface area contributed by atoms with Gasteiger partial charge in [-0.05, 0) is 19.5 Å². The molecule has 0 radical (unpaired) electrons. The summed E-state index contributed by atoms with van der Waals surface area (Å²) < 4.78 is 0. The monoisotopic (exact) mass is 249 g/mol. The minimum absolute atomic E-state index is 0.204. The third kappa shape index (κ3) is 7.48. The first-order valence-corrected chi connectivity index (χ1v) is 6.03. The summed E-state index contributed by atoms with van der Waals surface area (Å²) >= 11 is 5.24. The van der Waals surface area contributed by atoms with Crippen LogP contribution >= 0.6 is 11.6 Å². The van der Waals surface area contributed by atoms with E-state index in [0.717, 1.165) is 26.1 Å². The Morgan fingerprint density at radius 3 is 2.44 bits per heavy atom. The van der Waals surface area contributed by atoms with E-state index in [-0.39, 0.29) is 5.88 Å². The van der Waals surface area contributed by atoms with E-state index < -0.39 is 11.9 Å². The van der Waals surface area contributed by atoms with Gasteiger partial charge in [0, 0.05) is 13.1 Å². The van der Waals surface area contributed by atoms with Crippen LogP contribution in [0.3, 0.4) is 0 Å². The van der Waals surface area contributed by atoms with E-state index in [4.69, 9.17) is 11.6 Å². The van der Waals surface area contributed by atoms with Crippen LogP contribution in [0.15, 0.2) is 0 Å². The predicted molar refractivity (Wildman–Crippen MR) is 64.7 cm³/mol. The average Bonchev–Trinajstić information content (AvgIpc) is 2.27. The molecule has 0 heterocycles. The molecule has 6 heteroatoms. The molecule has 0 saturated heterocycles. The first kappa shape index (κ1) is 15.2. The number of carbonyl (C=O) groups is 2. The third-order valence-corrected chi connectivity index (χ3v) is 2.32. The van der Waals surface area contributed by atoms with Crippen molar-refractivity contribution in [2.24, 2.45) is 0 Å². The lowest BCUT2D eigenvalue weighted by molar-refractivity contribution is -0.117. The Morgan fingerprint density at radius 2 is 1.94 bits per heavy atom. The number of hydrogen-bond acceptors (Lipinski definition) is 3. The Bertz CT molecular complexity index is 224. The molecular weight excluding hydrogens is 230 g/mol. The van der Waals surface area contributed by atoms with Crippen LogP contribution in [0.2, 0.25) is 0 Å². The SMILES string of the molecule is CCCN(CC)CCNC(=O)NC(=O)CCl. The van der Waals surface area contributed by atoms with Gasteiger partial charge in [-0.25, -0.2) is 4.79 Å². The largest absolute Gasteiger partial charge is 0.337 e. The highest BCUT2D eigenvalue weighted by molar-refractivity contribution is 6.28. The molecule has 0 spiro atoms. The summed E-state index contributed by atoms with van der Waals surface area (Å²) in [7, 11) is 0. The van der Waals surface area contributed by atoms with Crippen LogP contribution in [0.25, 0.3) is 0 Å². The minimum Gasteiger partial charge on any atom is -0.337 e. The van der Waals surface area contributed by atoms with Gasteiger partial charge in [0.2, 0.25) is 5.91 Å². The van der Waals surface area contributed by atoms with Crippen LogP contribution < -0.4 is 10.6 Å². The average molecular weight is 250 g/mol. The fourth-order valence-corrected chi connectivity index (χ4v) is 1.34. The maximum Gasteiger partial charge on any atom is 0.321 e. The van der Waals surface area contributed by atoms with E-state index in [1.807, 2.05) is 0 Å². The van der Waals surface area contributed by atoms with Gasteiger partial charge in [-0.15, -0.1) is 11.6 Å². The molecule has 0 aliphatic heterocycles. The van der Waals surface area contributed by atoms with Gasteiger partial charge in [0.25, 0.3) is 0 Å². The van der Waals surface area contributed by atoms with Crippen molar-refractivity contribution in [3.63, 3.8) is 0 Å². The number of nitrogens with one attached hydrogen (secondary N) is 2. The van der Waals surface area contributed by atoms with Crippen LogP contribution in [0.5, 0.6) is 0 Å². The summed E-state index contributed by atoms with van der Waals surface area (Å²) in [4.78, 5) is 24.1. The lowest BCUT2D eigenvalue weighted by Gasteiger charge is -2.19. The van der Waals surface area contributed by atoms with Crippen LogP contribution in [0, 0.1) is 0 Å². The van der Waals surface area contributed by atoms with Crippen molar-refractivity contribution in [3.05, 3.63) is 0 Å². The van der Waals surface area contributed by atoms with Crippen LogP contribution in [-0.4, -0.2) is 48.9 Å². The molecule has 16 heavy (non-hydrogen) atoms. The van der Waals surface area contributed by atoms with Gasteiger partial charge >= 0.3 is 6.03 Å². The van der Waals surface area contributed by atoms with Gasteiger partial charge in [-0.1, -0.05) is 13.8 Å². The molecule has 0 unspecified atom stereocenters. The van der Waals surface area contributed by atoms with E-state index in [9.17, 15) is 9.59 Å². The number of amides is 3. The number of carbonyl (C=O) groups excluding carboxylic acids is 2.